The van der Waals surface area contributed by atoms with E-state index in [0.29, 0.717) is 18.4 Å². The highest BCUT2D eigenvalue weighted by atomic mass is 16.6. The molecule has 0 unspecified atom stereocenters. The molecule has 1 saturated heterocycles. The highest BCUT2D eigenvalue weighted by Gasteiger charge is 2.45. The zero-order valence-corrected chi connectivity index (χ0v) is 15.4. The third-order valence-corrected chi connectivity index (χ3v) is 4.89. The molecule has 4 atom stereocenters. The Labute approximate surface area is 158 Å². The summed E-state index contributed by atoms with van der Waals surface area (Å²) >= 11 is 0. The Balaban J connectivity index is 2.39. The molecular weight excluding hydrogens is 352 g/mol. The highest BCUT2D eigenvalue weighted by Crippen LogP contribution is 2.37. The number of allylic oxidation sites excluding steroid dienone is 1. The van der Waals surface area contributed by atoms with Gasteiger partial charge >= 0.3 is 11.9 Å². The van der Waals surface area contributed by atoms with E-state index in [1.807, 2.05) is 6.92 Å². The minimum Gasteiger partial charge on any atom is -0.458 e. The van der Waals surface area contributed by atoms with Gasteiger partial charge in [-0.15, -0.1) is 0 Å². The lowest BCUT2D eigenvalue weighted by Gasteiger charge is -2.29. The molecule has 0 saturated carbocycles. The molecule has 0 spiro atoms. The fraction of sp³-hybridized carbons (Fsp3) is 0.500. The van der Waals surface area contributed by atoms with E-state index in [1.54, 1.807) is 6.08 Å². The molecule has 148 valence electrons. The molecule has 0 amide bonds. The van der Waals surface area contributed by atoms with E-state index in [0.717, 1.165) is 11.6 Å². The Morgan fingerprint density at radius 3 is 2.74 bits per heavy atom. The van der Waals surface area contributed by atoms with Gasteiger partial charge in [-0.3, -0.25) is 0 Å². The summed E-state index contributed by atoms with van der Waals surface area (Å²) in [6.07, 6.45) is 1.87. The third kappa shape index (κ3) is 4.94. The molecule has 0 aromatic carbocycles. The van der Waals surface area contributed by atoms with Crippen LogP contribution in [0.4, 0.5) is 0 Å². The largest absolute Gasteiger partial charge is 0.458 e. The van der Waals surface area contributed by atoms with Crippen molar-refractivity contribution in [2.45, 2.75) is 44.5 Å². The third-order valence-electron chi connectivity index (χ3n) is 4.89. The number of aliphatic hydroxyl groups excluding tert-OH is 3. The lowest BCUT2D eigenvalue weighted by molar-refractivity contribution is -0.147. The van der Waals surface area contributed by atoms with E-state index >= 15 is 0 Å². The van der Waals surface area contributed by atoms with Crippen molar-refractivity contribution in [2.24, 2.45) is 5.92 Å². The second-order valence-corrected chi connectivity index (χ2v) is 6.86. The standard InChI is InChI=1S/C20H26O7/c1-11-4-5-15(23)12(2)9-17(27-20(25)14(10-22)6-7-21)18-13(3)19(24)26-16(18)8-11/h6,8,15-18,21-23H,2-5,7,9-10H2,1H3/b11-8+,14-6+/t15-,16-,17-,18+/m1/s1. The van der Waals surface area contributed by atoms with Gasteiger partial charge in [0.2, 0.25) is 0 Å². The molecule has 1 aliphatic heterocycles. The lowest BCUT2D eigenvalue weighted by atomic mass is 9.84. The van der Waals surface area contributed by atoms with Gasteiger partial charge in [-0.05, 0) is 37.5 Å². The number of rotatable bonds is 4. The van der Waals surface area contributed by atoms with E-state index in [1.165, 1.54) is 0 Å². The summed E-state index contributed by atoms with van der Waals surface area (Å²) < 4.78 is 10.9. The summed E-state index contributed by atoms with van der Waals surface area (Å²) in [5.41, 5.74) is 1.49. The Bertz CT molecular complexity index is 688. The van der Waals surface area contributed by atoms with Crippen LogP contribution in [0.1, 0.15) is 26.2 Å². The van der Waals surface area contributed by atoms with E-state index < -0.39 is 49.4 Å². The first-order chi connectivity index (χ1) is 12.8. The number of fused-ring (bicyclic) bond motifs is 1. The maximum atomic E-state index is 12.4. The number of carbonyl (C=O) groups is 2. The summed E-state index contributed by atoms with van der Waals surface area (Å²) in [5.74, 6) is -2.01. The second-order valence-electron chi connectivity index (χ2n) is 6.86. The fourth-order valence-electron chi connectivity index (χ4n) is 3.29. The van der Waals surface area contributed by atoms with Crippen molar-refractivity contribution < 1.29 is 34.4 Å². The molecule has 2 aliphatic rings. The molecule has 1 fully saturated rings. The highest BCUT2D eigenvalue weighted by molar-refractivity contribution is 5.92. The van der Waals surface area contributed by atoms with E-state index in [9.17, 15) is 19.8 Å². The maximum absolute atomic E-state index is 12.4. The van der Waals surface area contributed by atoms with Crippen LogP contribution >= 0.6 is 0 Å². The quantitative estimate of drug-likeness (QED) is 0.379. The van der Waals surface area contributed by atoms with Gasteiger partial charge < -0.3 is 24.8 Å². The van der Waals surface area contributed by atoms with Crippen molar-refractivity contribution in [1.29, 1.82) is 0 Å². The normalized spacial score (nSPS) is 31.6. The molecule has 1 aliphatic carbocycles. The predicted molar refractivity (Wildman–Crippen MR) is 97.4 cm³/mol. The van der Waals surface area contributed by atoms with E-state index in [2.05, 4.69) is 13.2 Å². The average molecular weight is 378 g/mol. The smallest absolute Gasteiger partial charge is 0.336 e. The van der Waals surface area contributed by atoms with Crippen LogP contribution in [-0.4, -0.2) is 58.8 Å². The SMILES string of the molecule is C=C1C(=O)O[C@@H]2/C=C(\C)CC[C@@H](O)C(=C)C[C@@H](OC(=O)/C(=C/CO)CO)[C@@H]12. The number of carbonyl (C=O) groups excluding carboxylic acids is 2. The lowest BCUT2D eigenvalue weighted by Crippen LogP contribution is -2.35. The minimum atomic E-state index is -0.862. The van der Waals surface area contributed by atoms with Gasteiger partial charge in [0, 0.05) is 12.0 Å². The zero-order valence-electron chi connectivity index (χ0n) is 15.4. The maximum Gasteiger partial charge on any atom is 0.336 e. The molecule has 0 aromatic heterocycles. The van der Waals surface area contributed by atoms with Gasteiger partial charge in [-0.1, -0.05) is 18.7 Å². The van der Waals surface area contributed by atoms with Crippen LogP contribution in [0.15, 0.2) is 47.6 Å². The van der Waals surface area contributed by atoms with Gasteiger partial charge in [0.05, 0.1) is 30.8 Å². The van der Waals surface area contributed by atoms with Crippen molar-refractivity contribution in [3.63, 3.8) is 0 Å². The van der Waals surface area contributed by atoms with Crippen molar-refractivity contribution in [2.75, 3.05) is 13.2 Å². The van der Waals surface area contributed by atoms with Gasteiger partial charge in [0.25, 0.3) is 0 Å². The number of aliphatic hydroxyl groups is 3. The van der Waals surface area contributed by atoms with Crippen LogP contribution in [0, 0.1) is 5.92 Å². The second kappa shape index (κ2) is 9.12. The summed E-state index contributed by atoms with van der Waals surface area (Å²) in [7, 11) is 0. The van der Waals surface area contributed by atoms with Gasteiger partial charge in [0.1, 0.15) is 12.2 Å². The molecule has 3 N–H and O–H groups in total. The minimum absolute atomic E-state index is 0.0973. The average Bonchev–Trinajstić information content (AvgIpc) is 2.89. The van der Waals surface area contributed by atoms with Crippen LogP contribution < -0.4 is 0 Å². The summed E-state index contributed by atoms with van der Waals surface area (Å²) in [4.78, 5) is 24.5. The molecule has 27 heavy (non-hydrogen) atoms. The summed E-state index contributed by atoms with van der Waals surface area (Å²) in [6.45, 7) is 8.52. The Morgan fingerprint density at radius 1 is 1.41 bits per heavy atom. The number of hydrogen-bond acceptors (Lipinski definition) is 7. The molecular formula is C20H26O7. The molecule has 2 rings (SSSR count). The predicted octanol–water partition coefficient (Wildman–Crippen LogP) is 0.954. The van der Waals surface area contributed by atoms with E-state index in [-0.39, 0.29) is 17.6 Å². The Kier molecular flexibility index (Phi) is 7.12. The first kappa shape index (κ1) is 21.1. The topological polar surface area (TPSA) is 113 Å². The van der Waals surface area contributed by atoms with Crippen molar-refractivity contribution in [1.82, 2.24) is 0 Å². The summed E-state index contributed by atoms with van der Waals surface area (Å²) in [6, 6.07) is 0. The van der Waals surface area contributed by atoms with Crippen LogP contribution in [0.5, 0.6) is 0 Å². The first-order valence-corrected chi connectivity index (χ1v) is 8.83. The van der Waals surface area contributed by atoms with Crippen LogP contribution in [0.2, 0.25) is 0 Å². The molecule has 1 heterocycles. The zero-order chi connectivity index (χ0) is 20.1. The van der Waals surface area contributed by atoms with Gasteiger partial charge in [-0.25, -0.2) is 9.59 Å². The number of hydrogen-bond donors (Lipinski definition) is 3. The number of ether oxygens (including phenoxy) is 2. The fourth-order valence-corrected chi connectivity index (χ4v) is 3.29. The molecule has 7 nitrogen and oxygen atoms in total. The van der Waals surface area contributed by atoms with Crippen LogP contribution in [0.25, 0.3) is 0 Å². The monoisotopic (exact) mass is 378 g/mol. The van der Waals surface area contributed by atoms with E-state index in [4.69, 9.17) is 14.6 Å². The molecule has 7 heteroatoms. The summed E-state index contributed by atoms with van der Waals surface area (Å²) in [5, 5.41) is 28.6. The number of esters is 2. The van der Waals surface area contributed by atoms with Crippen molar-refractivity contribution in [3.8, 4) is 0 Å². The molecule has 0 radical (unpaired) electrons. The Hall–Kier alpha value is -2.22. The Morgan fingerprint density at radius 2 is 2.11 bits per heavy atom. The molecule has 0 aromatic rings. The first-order valence-electron chi connectivity index (χ1n) is 8.83. The van der Waals surface area contributed by atoms with Crippen molar-refractivity contribution >= 4 is 11.9 Å². The van der Waals surface area contributed by atoms with Crippen LogP contribution in [-0.2, 0) is 19.1 Å². The van der Waals surface area contributed by atoms with Gasteiger partial charge in [0.15, 0.2) is 0 Å². The van der Waals surface area contributed by atoms with Crippen LogP contribution in [0.3, 0.4) is 0 Å². The van der Waals surface area contributed by atoms with Crippen molar-refractivity contribution in [3.05, 3.63) is 47.6 Å². The van der Waals surface area contributed by atoms with Gasteiger partial charge in [-0.2, -0.15) is 0 Å². The molecule has 0 bridgehead atoms.